The van der Waals surface area contributed by atoms with Gasteiger partial charge in [-0.3, -0.25) is 4.79 Å². The molecule has 2 heterocycles. The van der Waals surface area contributed by atoms with Crippen LogP contribution in [0.3, 0.4) is 0 Å². The number of aryl methyl sites for hydroxylation is 1. The van der Waals surface area contributed by atoms with Crippen LogP contribution in [0.15, 0.2) is 64.4 Å². The van der Waals surface area contributed by atoms with Crippen LogP contribution in [-0.4, -0.2) is 17.7 Å². The molecule has 1 N–H and O–H groups in total. The Kier molecular flexibility index (Phi) is 3.98. The van der Waals surface area contributed by atoms with E-state index in [-0.39, 0.29) is 5.91 Å². The summed E-state index contributed by atoms with van der Waals surface area (Å²) in [6.07, 6.45) is 1.56. The molecule has 1 amide bonds. The van der Waals surface area contributed by atoms with Crippen molar-refractivity contribution < 1.29 is 14.0 Å². The van der Waals surface area contributed by atoms with Gasteiger partial charge in [0.2, 0.25) is 6.10 Å². The highest BCUT2D eigenvalue weighted by Crippen LogP contribution is 2.20. The molecule has 0 radical (unpaired) electrons. The van der Waals surface area contributed by atoms with Crippen molar-refractivity contribution in [3.8, 4) is 0 Å². The predicted octanol–water partition coefficient (Wildman–Crippen LogP) is 3.55. The van der Waals surface area contributed by atoms with Crippen molar-refractivity contribution in [1.29, 1.82) is 0 Å². The van der Waals surface area contributed by atoms with E-state index in [0.717, 1.165) is 33.4 Å². The van der Waals surface area contributed by atoms with Crippen molar-refractivity contribution in [1.82, 2.24) is 5.32 Å². The van der Waals surface area contributed by atoms with E-state index in [1.807, 2.05) is 55.5 Å². The Hall–Kier alpha value is -3.08. The number of nitrogens with zero attached hydrogens (tertiary/aromatic N) is 1. The topological polar surface area (TPSA) is 63.8 Å². The van der Waals surface area contributed by atoms with Crippen molar-refractivity contribution in [3.63, 3.8) is 0 Å². The molecule has 1 aromatic heterocycles. The summed E-state index contributed by atoms with van der Waals surface area (Å²) in [5.74, 6) is -0.153. The number of rotatable bonds is 4. The van der Waals surface area contributed by atoms with Gasteiger partial charge in [-0.05, 0) is 36.2 Å². The Morgan fingerprint density at radius 3 is 3.00 bits per heavy atom. The standard InChI is InChI=1S/C20H18N2O3/c1-13-4-2-3-5-16(13)17-11-19(25-22-17)20(23)21-12-14-6-7-18-15(10-14)8-9-24-18/h2-10,19H,11-12H2,1H3,(H,21,23). The summed E-state index contributed by atoms with van der Waals surface area (Å²) >= 11 is 0. The molecule has 1 atom stereocenters. The molecule has 1 unspecified atom stereocenters. The van der Waals surface area contributed by atoms with E-state index >= 15 is 0 Å². The predicted molar refractivity (Wildman–Crippen MR) is 95.3 cm³/mol. The number of carbonyl (C=O) groups excluding carboxylic acids is 1. The first-order chi connectivity index (χ1) is 12.2. The number of nitrogens with one attached hydrogen (secondary N) is 1. The summed E-state index contributed by atoms with van der Waals surface area (Å²) in [6, 6.07) is 15.7. The number of furan rings is 1. The third-order valence-corrected chi connectivity index (χ3v) is 4.40. The molecule has 0 saturated heterocycles. The Labute approximate surface area is 145 Å². The van der Waals surface area contributed by atoms with Crippen LogP contribution < -0.4 is 5.32 Å². The summed E-state index contributed by atoms with van der Waals surface area (Å²) in [7, 11) is 0. The second-order valence-corrected chi connectivity index (χ2v) is 6.16. The number of fused-ring (bicyclic) bond motifs is 1. The lowest BCUT2D eigenvalue weighted by atomic mass is 10.0. The van der Waals surface area contributed by atoms with Crippen LogP contribution in [-0.2, 0) is 16.2 Å². The highest BCUT2D eigenvalue weighted by Gasteiger charge is 2.29. The monoisotopic (exact) mass is 334 g/mol. The average Bonchev–Trinajstić information content (AvgIpc) is 3.29. The zero-order valence-corrected chi connectivity index (χ0v) is 13.9. The molecule has 5 heteroatoms. The molecule has 2 aromatic carbocycles. The van der Waals surface area contributed by atoms with Crippen molar-refractivity contribution in [3.05, 3.63) is 71.5 Å². The zero-order valence-electron chi connectivity index (χ0n) is 13.9. The Bertz CT molecular complexity index is 958. The van der Waals surface area contributed by atoms with E-state index in [9.17, 15) is 4.79 Å². The molecule has 0 fully saturated rings. The summed E-state index contributed by atoms with van der Waals surface area (Å²) in [4.78, 5) is 17.7. The number of hydrogen-bond acceptors (Lipinski definition) is 4. The smallest absolute Gasteiger partial charge is 0.264 e. The third kappa shape index (κ3) is 3.13. The van der Waals surface area contributed by atoms with E-state index < -0.39 is 6.10 Å². The number of benzene rings is 2. The quantitative estimate of drug-likeness (QED) is 0.793. The van der Waals surface area contributed by atoms with Crippen LogP contribution in [0.5, 0.6) is 0 Å². The largest absolute Gasteiger partial charge is 0.464 e. The van der Waals surface area contributed by atoms with Crippen LogP contribution in [0.1, 0.15) is 23.1 Å². The lowest BCUT2D eigenvalue weighted by Crippen LogP contribution is -2.34. The fourth-order valence-electron chi connectivity index (χ4n) is 3.00. The van der Waals surface area contributed by atoms with E-state index in [2.05, 4.69) is 10.5 Å². The molecule has 4 rings (SSSR count). The Morgan fingerprint density at radius 1 is 1.24 bits per heavy atom. The molecule has 0 spiro atoms. The number of oxime groups is 1. The first-order valence-corrected chi connectivity index (χ1v) is 8.23. The van der Waals surface area contributed by atoms with E-state index in [0.29, 0.717) is 13.0 Å². The van der Waals surface area contributed by atoms with E-state index in [4.69, 9.17) is 9.25 Å². The van der Waals surface area contributed by atoms with Gasteiger partial charge in [-0.15, -0.1) is 0 Å². The highest BCUT2D eigenvalue weighted by molar-refractivity contribution is 6.05. The highest BCUT2D eigenvalue weighted by atomic mass is 16.6. The lowest BCUT2D eigenvalue weighted by Gasteiger charge is -2.10. The van der Waals surface area contributed by atoms with Crippen molar-refractivity contribution in [2.75, 3.05) is 0 Å². The zero-order chi connectivity index (χ0) is 17.2. The summed E-state index contributed by atoms with van der Waals surface area (Å²) in [5.41, 5.74) is 4.83. The van der Waals surface area contributed by atoms with Gasteiger partial charge in [-0.1, -0.05) is 35.5 Å². The SMILES string of the molecule is Cc1ccccc1C1=NOC(C(=O)NCc2ccc3occc3c2)C1. The third-order valence-electron chi connectivity index (χ3n) is 4.40. The summed E-state index contributed by atoms with van der Waals surface area (Å²) in [5, 5.41) is 8.04. The Balaban J connectivity index is 1.37. The normalized spacial score (nSPS) is 16.5. The van der Waals surface area contributed by atoms with Gasteiger partial charge in [0.05, 0.1) is 12.0 Å². The van der Waals surface area contributed by atoms with Crippen molar-refractivity contribution in [2.45, 2.75) is 26.0 Å². The van der Waals surface area contributed by atoms with Crippen molar-refractivity contribution in [2.24, 2.45) is 5.16 Å². The summed E-state index contributed by atoms with van der Waals surface area (Å²) in [6.45, 7) is 2.47. The molecular weight excluding hydrogens is 316 g/mol. The second-order valence-electron chi connectivity index (χ2n) is 6.16. The molecule has 0 bridgehead atoms. The van der Waals surface area contributed by atoms with Crippen LogP contribution in [0.2, 0.25) is 0 Å². The molecule has 5 nitrogen and oxygen atoms in total. The van der Waals surface area contributed by atoms with Gasteiger partial charge in [0.15, 0.2) is 0 Å². The van der Waals surface area contributed by atoms with Gasteiger partial charge < -0.3 is 14.6 Å². The fraction of sp³-hybridized carbons (Fsp3) is 0.200. The number of hydrogen-bond donors (Lipinski definition) is 1. The van der Waals surface area contributed by atoms with Crippen molar-refractivity contribution >= 4 is 22.6 Å². The second kappa shape index (κ2) is 6.43. The van der Waals surface area contributed by atoms with Gasteiger partial charge in [-0.2, -0.15) is 0 Å². The molecule has 126 valence electrons. The van der Waals surface area contributed by atoms with Crippen LogP contribution in [0.25, 0.3) is 11.0 Å². The van der Waals surface area contributed by atoms with Crippen LogP contribution >= 0.6 is 0 Å². The average molecular weight is 334 g/mol. The summed E-state index contributed by atoms with van der Waals surface area (Å²) < 4.78 is 5.32. The molecule has 0 aliphatic carbocycles. The van der Waals surface area contributed by atoms with Gasteiger partial charge in [0.25, 0.3) is 5.91 Å². The maximum atomic E-state index is 12.4. The molecule has 0 saturated carbocycles. The van der Waals surface area contributed by atoms with E-state index in [1.54, 1.807) is 6.26 Å². The number of carbonyl (C=O) groups is 1. The minimum atomic E-state index is -0.577. The van der Waals surface area contributed by atoms with Crippen LogP contribution in [0.4, 0.5) is 0 Å². The minimum absolute atomic E-state index is 0.153. The van der Waals surface area contributed by atoms with Gasteiger partial charge in [-0.25, -0.2) is 0 Å². The van der Waals surface area contributed by atoms with E-state index in [1.165, 1.54) is 0 Å². The first kappa shape index (κ1) is 15.4. The van der Waals surface area contributed by atoms with Gasteiger partial charge in [0, 0.05) is 23.9 Å². The maximum absolute atomic E-state index is 12.4. The molecular formula is C20H18N2O3. The molecule has 3 aromatic rings. The molecule has 1 aliphatic rings. The first-order valence-electron chi connectivity index (χ1n) is 8.23. The molecule has 1 aliphatic heterocycles. The maximum Gasteiger partial charge on any atom is 0.264 e. The Morgan fingerprint density at radius 2 is 2.12 bits per heavy atom. The lowest BCUT2D eigenvalue weighted by molar-refractivity contribution is -0.131. The van der Waals surface area contributed by atoms with Gasteiger partial charge >= 0.3 is 0 Å². The number of amides is 1. The van der Waals surface area contributed by atoms with Crippen LogP contribution in [0, 0.1) is 6.92 Å². The van der Waals surface area contributed by atoms with Gasteiger partial charge in [0.1, 0.15) is 5.58 Å². The minimum Gasteiger partial charge on any atom is -0.464 e. The molecule has 25 heavy (non-hydrogen) atoms. The fourth-order valence-corrected chi connectivity index (χ4v) is 3.00.